The van der Waals surface area contributed by atoms with Gasteiger partial charge in [0.25, 0.3) is 0 Å². The molecule has 30 heavy (non-hydrogen) atoms. The smallest absolute Gasteiger partial charge is 0.220 e. The largest absolute Gasteiger partial charge is 0.351 e. The first-order valence-corrected chi connectivity index (χ1v) is 14.0. The molecule has 0 spiro atoms. The van der Waals surface area contributed by atoms with Crippen LogP contribution in [-0.4, -0.2) is 11.4 Å². The highest BCUT2D eigenvalue weighted by molar-refractivity contribution is 5.76. The lowest BCUT2D eigenvalue weighted by Crippen LogP contribution is -2.59. The molecule has 0 heterocycles. The topological polar surface area (TPSA) is 29.1 Å². The van der Waals surface area contributed by atoms with E-state index in [9.17, 15) is 4.79 Å². The molecule has 0 saturated heterocycles. The van der Waals surface area contributed by atoms with Gasteiger partial charge in [-0.2, -0.15) is 0 Å². The van der Waals surface area contributed by atoms with Gasteiger partial charge in [-0.1, -0.05) is 96.8 Å². The van der Waals surface area contributed by atoms with Gasteiger partial charge in [0.15, 0.2) is 0 Å². The van der Waals surface area contributed by atoms with Gasteiger partial charge in [-0.05, 0) is 62.7 Å². The van der Waals surface area contributed by atoms with Crippen molar-refractivity contribution in [3.05, 3.63) is 0 Å². The normalized spacial score (nSPS) is 29.4. The Labute approximate surface area is 187 Å². The lowest BCUT2D eigenvalue weighted by molar-refractivity contribution is -0.127. The van der Waals surface area contributed by atoms with Crippen molar-refractivity contribution in [2.75, 3.05) is 0 Å². The van der Waals surface area contributed by atoms with Crippen LogP contribution in [0.4, 0.5) is 0 Å². The summed E-state index contributed by atoms with van der Waals surface area (Å²) >= 11 is 0. The summed E-state index contributed by atoms with van der Waals surface area (Å²) in [4.78, 5) is 12.6. The summed E-state index contributed by atoms with van der Waals surface area (Å²) in [5.41, 5.74) is 0.210. The maximum atomic E-state index is 12.6. The predicted octanol–water partition coefficient (Wildman–Crippen LogP) is 8.33. The molecule has 0 unspecified atom stereocenters. The van der Waals surface area contributed by atoms with Crippen molar-refractivity contribution in [2.24, 2.45) is 17.8 Å². The second kappa shape index (κ2) is 13.1. The van der Waals surface area contributed by atoms with Crippen molar-refractivity contribution in [1.82, 2.24) is 5.32 Å². The lowest BCUT2D eigenvalue weighted by atomic mass is 9.53. The molecule has 4 bridgehead atoms. The van der Waals surface area contributed by atoms with E-state index in [1.54, 1.807) is 0 Å². The highest BCUT2D eigenvalue weighted by Crippen LogP contribution is 2.55. The van der Waals surface area contributed by atoms with Crippen molar-refractivity contribution in [1.29, 1.82) is 0 Å². The number of hydrogen-bond donors (Lipinski definition) is 1. The summed E-state index contributed by atoms with van der Waals surface area (Å²) in [6.07, 6.45) is 29.7. The van der Waals surface area contributed by atoms with Crippen molar-refractivity contribution in [3.8, 4) is 0 Å². The average molecular weight is 418 g/mol. The minimum absolute atomic E-state index is 0.210. The molecule has 4 fully saturated rings. The summed E-state index contributed by atoms with van der Waals surface area (Å²) in [6, 6.07) is 0. The van der Waals surface area contributed by atoms with Gasteiger partial charge < -0.3 is 5.32 Å². The van der Waals surface area contributed by atoms with Crippen LogP contribution in [0.25, 0.3) is 0 Å². The maximum absolute atomic E-state index is 12.6. The van der Waals surface area contributed by atoms with E-state index >= 15 is 0 Å². The van der Waals surface area contributed by atoms with E-state index in [0.717, 1.165) is 30.6 Å². The van der Waals surface area contributed by atoms with Gasteiger partial charge in [0.05, 0.1) is 0 Å². The summed E-state index contributed by atoms with van der Waals surface area (Å²) in [7, 11) is 0. The minimum Gasteiger partial charge on any atom is -0.351 e. The number of hydrogen-bond acceptors (Lipinski definition) is 1. The summed E-state index contributed by atoms with van der Waals surface area (Å²) in [5, 5.41) is 3.54. The van der Waals surface area contributed by atoms with Crippen LogP contribution in [0.1, 0.15) is 148 Å². The fourth-order valence-electron chi connectivity index (χ4n) is 7.28. The molecular formula is C28H51NO. The molecule has 4 rings (SSSR count). The first-order chi connectivity index (χ1) is 14.7. The Balaban J connectivity index is 1.10. The van der Waals surface area contributed by atoms with E-state index in [0.29, 0.717) is 5.91 Å². The zero-order valence-electron chi connectivity index (χ0n) is 20.2. The van der Waals surface area contributed by atoms with Gasteiger partial charge in [0.1, 0.15) is 0 Å². The van der Waals surface area contributed by atoms with Gasteiger partial charge in [0, 0.05) is 12.0 Å². The Morgan fingerprint density at radius 2 is 1.00 bits per heavy atom. The van der Waals surface area contributed by atoms with Gasteiger partial charge in [-0.25, -0.2) is 0 Å². The molecule has 1 N–H and O–H groups in total. The molecular weight excluding hydrogens is 366 g/mol. The fourth-order valence-corrected chi connectivity index (χ4v) is 7.28. The van der Waals surface area contributed by atoms with Crippen LogP contribution >= 0.6 is 0 Å². The fraction of sp³-hybridized carbons (Fsp3) is 0.964. The van der Waals surface area contributed by atoms with Crippen molar-refractivity contribution in [3.63, 3.8) is 0 Å². The highest BCUT2D eigenvalue weighted by atomic mass is 16.1. The van der Waals surface area contributed by atoms with Crippen LogP contribution in [0.3, 0.4) is 0 Å². The van der Waals surface area contributed by atoms with Crippen molar-refractivity contribution in [2.45, 2.75) is 154 Å². The van der Waals surface area contributed by atoms with Gasteiger partial charge in [-0.15, -0.1) is 0 Å². The second-order valence-electron chi connectivity index (χ2n) is 11.4. The second-order valence-corrected chi connectivity index (χ2v) is 11.4. The number of rotatable bonds is 17. The molecule has 1 amide bonds. The SMILES string of the molecule is CCCCCCCCCCCCCCCCCC(=O)NC12CC3CC(CC(C3)C1)C2. The van der Waals surface area contributed by atoms with Crippen molar-refractivity contribution < 1.29 is 4.79 Å². The minimum atomic E-state index is 0.210. The zero-order chi connectivity index (χ0) is 21.1. The first-order valence-electron chi connectivity index (χ1n) is 14.0. The molecule has 0 radical (unpaired) electrons. The Morgan fingerprint density at radius 1 is 0.633 bits per heavy atom. The van der Waals surface area contributed by atoms with Gasteiger partial charge in [-0.3, -0.25) is 4.79 Å². The molecule has 4 aliphatic carbocycles. The molecule has 0 aromatic heterocycles. The molecule has 0 atom stereocenters. The molecule has 4 saturated carbocycles. The Hall–Kier alpha value is -0.530. The molecule has 0 aromatic rings. The van der Waals surface area contributed by atoms with E-state index in [1.807, 2.05) is 0 Å². The van der Waals surface area contributed by atoms with E-state index in [2.05, 4.69) is 12.2 Å². The van der Waals surface area contributed by atoms with Crippen LogP contribution in [0, 0.1) is 17.8 Å². The van der Waals surface area contributed by atoms with Crippen molar-refractivity contribution >= 4 is 5.91 Å². The number of amides is 1. The number of unbranched alkanes of at least 4 members (excludes halogenated alkanes) is 14. The summed E-state index contributed by atoms with van der Waals surface area (Å²) in [6.45, 7) is 2.29. The molecule has 4 aliphatic rings. The predicted molar refractivity (Wildman–Crippen MR) is 129 cm³/mol. The van der Waals surface area contributed by atoms with Crippen LogP contribution in [0.2, 0.25) is 0 Å². The van der Waals surface area contributed by atoms with Crippen LogP contribution < -0.4 is 5.32 Å². The Morgan fingerprint density at radius 3 is 1.40 bits per heavy atom. The third-order valence-electron chi connectivity index (χ3n) is 8.45. The quantitative estimate of drug-likeness (QED) is 0.237. The first kappa shape index (κ1) is 24.1. The average Bonchev–Trinajstić information content (AvgIpc) is 2.69. The lowest BCUT2D eigenvalue weighted by Gasteiger charge is -2.56. The molecule has 2 nitrogen and oxygen atoms in total. The van der Waals surface area contributed by atoms with E-state index < -0.39 is 0 Å². The standard InChI is InChI=1S/C28H51NO/c1-2-3-4-5-6-7-8-9-10-11-12-13-14-15-16-17-27(30)29-28-21-24-18-25(22-28)20-26(19-24)23-28/h24-26H,2-23H2,1H3,(H,29,30). The van der Waals surface area contributed by atoms with Crippen LogP contribution in [-0.2, 0) is 4.79 Å². The van der Waals surface area contributed by atoms with Crippen LogP contribution in [0.15, 0.2) is 0 Å². The number of carbonyl (C=O) groups excluding carboxylic acids is 1. The van der Waals surface area contributed by atoms with Gasteiger partial charge >= 0.3 is 0 Å². The number of carbonyl (C=O) groups is 1. The monoisotopic (exact) mass is 417 g/mol. The van der Waals surface area contributed by atoms with Crippen LogP contribution in [0.5, 0.6) is 0 Å². The Bertz CT molecular complexity index is 450. The number of nitrogens with one attached hydrogen (secondary N) is 1. The Kier molecular flexibility index (Phi) is 10.5. The van der Waals surface area contributed by atoms with E-state index in [-0.39, 0.29) is 5.54 Å². The third-order valence-corrected chi connectivity index (χ3v) is 8.45. The summed E-state index contributed by atoms with van der Waals surface area (Å²) in [5.74, 6) is 3.11. The summed E-state index contributed by atoms with van der Waals surface area (Å²) < 4.78 is 0. The maximum Gasteiger partial charge on any atom is 0.220 e. The van der Waals surface area contributed by atoms with E-state index in [4.69, 9.17) is 0 Å². The highest BCUT2D eigenvalue weighted by Gasteiger charge is 2.51. The molecule has 0 aliphatic heterocycles. The molecule has 174 valence electrons. The molecule has 0 aromatic carbocycles. The zero-order valence-corrected chi connectivity index (χ0v) is 20.2. The van der Waals surface area contributed by atoms with E-state index in [1.165, 1.54) is 128 Å². The molecule has 2 heteroatoms. The van der Waals surface area contributed by atoms with Gasteiger partial charge in [0.2, 0.25) is 5.91 Å². The third kappa shape index (κ3) is 8.19.